The van der Waals surface area contributed by atoms with Crippen molar-refractivity contribution in [1.82, 2.24) is 5.32 Å². The minimum Gasteiger partial charge on any atom is -0.497 e. The summed E-state index contributed by atoms with van der Waals surface area (Å²) >= 11 is 3.49. The number of aryl methyl sites for hydroxylation is 1. The number of fused-ring (bicyclic) bond motifs is 1. The van der Waals surface area contributed by atoms with E-state index in [-0.39, 0.29) is 11.9 Å². The lowest BCUT2D eigenvalue weighted by Crippen LogP contribution is -3.13. The van der Waals surface area contributed by atoms with E-state index in [1.807, 2.05) is 37.3 Å². The summed E-state index contributed by atoms with van der Waals surface area (Å²) in [6.45, 7) is 4.76. The third kappa shape index (κ3) is 4.40. The Morgan fingerprint density at radius 3 is 2.60 bits per heavy atom. The summed E-state index contributed by atoms with van der Waals surface area (Å²) in [6, 6.07) is 14.2. The molecule has 1 atom stereocenters. The number of hydrogen-bond donors (Lipinski definition) is 2. The van der Waals surface area contributed by atoms with Crippen molar-refractivity contribution in [1.29, 1.82) is 0 Å². The van der Waals surface area contributed by atoms with E-state index in [2.05, 4.69) is 33.4 Å². The predicted octanol–water partition coefficient (Wildman–Crippen LogP) is 4.05. The van der Waals surface area contributed by atoms with Gasteiger partial charge in [-0.05, 0) is 68.7 Å². The van der Waals surface area contributed by atoms with E-state index in [1.165, 1.54) is 29.7 Å². The topological polar surface area (TPSA) is 55.9 Å². The summed E-state index contributed by atoms with van der Waals surface area (Å²) in [5.41, 5.74) is 2.82. The van der Waals surface area contributed by atoms with Crippen molar-refractivity contribution in [2.45, 2.75) is 32.2 Å². The quantitative estimate of drug-likeness (QED) is 0.569. The van der Waals surface area contributed by atoms with Gasteiger partial charge in [0.2, 0.25) is 0 Å². The van der Waals surface area contributed by atoms with Crippen molar-refractivity contribution in [3.05, 3.63) is 63.8 Å². The van der Waals surface area contributed by atoms with Gasteiger partial charge in [0.15, 0.2) is 5.76 Å². The molecule has 1 saturated heterocycles. The van der Waals surface area contributed by atoms with Gasteiger partial charge in [-0.2, -0.15) is 0 Å². The molecule has 1 amide bonds. The van der Waals surface area contributed by atoms with E-state index >= 15 is 0 Å². The molecule has 4 rings (SSSR count). The highest BCUT2D eigenvalue weighted by atomic mass is 79.9. The fraction of sp³-hybridized carbons (Fsp3) is 0.375. The molecule has 2 aromatic carbocycles. The van der Waals surface area contributed by atoms with Crippen molar-refractivity contribution < 1.29 is 18.8 Å². The Balaban J connectivity index is 1.54. The van der Waals surface area contributed by atoms with Gasteiger partial charge >= 0.3 is 0 Å². The molecule has 0 spiro atoms. The Labute approximate surface area is 185 Å². The first kappa shape index (κ1) is 20.9. The highest BCUT2D eigenvalue weighted by Gasteiger charge is 2.27. The van der Waals surface area contributed by atoms with Crippen molar-refractivity contribution in [3.8, 4) is 5.75 Å². The molecule has 1 aromatic heterocycles. The minimum atomic E-state index is -0.158. The van der Waals surface area contributed by atoms with Crippen LogP contribution in [0.3, 0.4) is 0 Å². The number of benzene rings is 2. The number of likely N-dealkylation sites (tertiary alicyclic amines) is 1. The van der Waals surface area contributed by atoms with Gasteiger partial charge in [-0.15, -0.1) is 0 Å². The number of quaternary nitrogens is 1. The molecule has 30 heavy (non-hydrogen) atoms. The van der Waals surface area contributed by atoms with E-state index in [0.717, 1.165) is 39.8 Å². The lowest BCUT2D eigenvalue weighted by Gasteiger charge is -2.32. The lowest BCUT2D eigenvalue weighted by atomic mass is 10.0. The van der Waals surface area contributed by atoms with Crippen LogP contribution in [-0.4, -0.2) is 32.7 Å². The first-order valence-electron chi connectivity index (χ1n) is 10.5. The number of amides is 1. The fourth-order valence-electron chi connectivity index (χ4n) is 4.37. The van der Waals surface area contributed by atoms with Crippen LogP contribution in [0, 0.1) is 6.92 Å². The van der Waals surface area contributed by atoms with Gasteiger partial charge < -0.3 is 19.4 Å². The molecule has 2 N–H and O–H groups in total. The molecule has 0 unspecified atom stereocenters. The second-order valence-electron chi connectivity index (χ2n) is 7.95. The van der Waals surface area contributed by atoms with Crippen LogP contribution in [0.5, 0.6) is 5.75 Å². The fourth-order valence-corrected chi connectivity index (χ4v) is 4.73. The number of nitrogens with one attached hydrogen (secondary N) is 2. The third-order valence-electron chi connectivity index (χ3n) is 6.08. The van der Waals surface area contributed by atoms with Gasteiger partial charge in [-0.3, -0.25) is 4.79 Å². The number of halogens is 1. The second kappa shape index (κ2) is 9.23. The molecule has 158 valence electrons. The molecule has 1 aliphatic heterocycles. The normalized spacial score (nSPS) is 15.8. The molecule has 3 aromatic rings. The second-order valence-corrected chi connectivity index (χ2v) is 8.87. The molecular formula is C24H28BrN2O3+. The third-order valence-corrected chi connectivity index (χ3v) is 6.57. The smallest absolute Gasteiger partial charge is 0.287 e. The number of methoxy groups -OCH3 is 1. The lowest BCUT2D eigenvalue weighted by molar-refractivity contribution is -0.935. The zero-order valence-corrected chi connectivity index (χ0v) is 19.1. The van der Waals surface area contributed by atoms with Crippen LogP contribution in [0.4, 0.5) is 0 Å². The Morgan fingerprint density at radius 1 is 1.17 bits per heavy atom. The average molecular weight is 472 g/mol. The van der Waals surface area contributed by atoms with Crippen molar-refractivity contribution in [2.75, 3.05) is 26.7 Å². The maximum Gasteiger partial charge on any atom is 0.287 e. The number of furan rings is 1. The Hall–Kier alpha value is -2.31. The summed E-state index contributed by atoms with van der Waals surface area (Å²) in [5.74, 6) is 1.08. The van der Waals surface area contributed by atoms with E-state index in [1.54, 1.807) is 7.11 Å². The summed E-state index contributed by atoms with van der Waals surface area (Å²) in [4.78, 5) is 14.5. The maximum atomic E-state index is 13.0. The van der Waals surface area contributed by atoms with Crippen LogP contribution in [0.1, 0.15) is 47.0 Å². The van der Waals surface area contributed by atoms with Crippen LogP contribution >= 0.6 is 15.9 Å². The first-order valence-corrected chi connectivity index (χ1v) is 11.3. The van der Waals surface area contributed by atoms with Gasteiger partial charge in [0.1, 0.15) is 17.4 Å². The van der Waals surface area contributed by atoms with E-state index in [9.17, 15) is 4.79 Å². The van der Waals surface area contributed by atoms with Gasteiger partial charge in [-0.25, -0.2) is 0 Å². The maximum absolute atomic E-state index is 13.0. The molecule has 2 heterocycles. The van der Waals surface area contributed by atoms with E-state index < -0.39 is 0 Å². The van der Waals surface area contributed by atoms with Crippen LogP contribution in [0.15, 0.2) is 51.4 Å². The zero-order chi connectivity index (χ0) is 21.1. The van der Waals surface area contributed by atoms with Crippen LogP contribution in [-0.2, 0) is 0 Å². The number of carbonyl (C=O) groups is 1. The molecule has 0 aliphatic carbocycles. The molecule has 0 radical (unpaired) electrons. The Kier molecular flexibility index (Phi) is 6.44. The van der Waals surface area contributed by atoms with Gasteiger partial charge in [0, 0.05) is 21.0 Å². The number of carbonyl (C=O) groups excluding carboxylic acids is 1. The summed E-state index contributed by atoms with van der Waals surface area (Å²) in [6.07, 6.45) is 3.75. The van der Waals surface area contributed by atoms with E-state index in [4.69, 9.17) is 9.15 Å². The molecular weight excluding hydrogens is 444 g/mol. The highest BCUT2D eigenvalue weighted by Crippen LogP contribution is 2.28. The largest absolute Gasteiger partial charge is 0.497 e. The molecule has 0 bridgehead atoms. The number of ether oxygens (including phenoxy) is 1. The van der Waals surface area contributed by atoms with Gasteiger partial charge in [-0.1, -0.05) is 15.9 Å². The molecule has 5 nitrogen and oxygen atoms in total. The van der Waals surface area contributed by atoms with Crippen molar-refractivity contribution in [2.24, 2.45) is 0 Å². The molecule has 0 saturated carbocycles. The van der Waals surface area contributed by atoms with Gasteiger partial charge in [0.25, 0.3) is 5.91 Å². The van der Waals surface area contributed by atoms with Crippen LogP contribution in [0.2, 0.25) is 0 Å². The van der Waals surface area contributed by atoms with E-state index in [0.29, 0.717) is 12.3 Å². The molecule has 1 aliphatic rings. The number of rotatable bonds is 6. The standard InChI is InChI=1S/C24H27BrN2O3/c1-16-20-14-18(25)8-11-22(20)30-23(16)24(28)26-15-21(27-12-4-3-5-13-27)17-6-9-19(29-2)10-7-17/h6-11,14,21H,3-5,12-13,15H2,1-2H3,(H,26,28)/p+1/t21-/m0/s1. The summed E-state index contributed by atoms with van der Waals surface area (Å²) in [5, 5.41) is 4.10. The Bertz CT molecular complexity index is 1020. The highest BCUT2D eigenvalue weighted by molar-refractivity contribution is 9.10. The predicted molar refractivity (Wildman–Crippen MR) is 121 cm³/mol. The summed E-state index contributed by atoms with van der Waals surface area (Å²) in [7, 11) is 1.68. The monoisotopic (exact) mass is 471 g/mol. The van der Waals surface area contributed by atoms with Crippen LogP contribution < -0.4 is 15.0 Å². The van der Waals surface area contributed by atoms with Gasteiger partial charge in [0.05, 0.1) is 26.7 Å². The average Bonchev–Trinajstić information content (AvgIpc) is 3.11. The van der Waals surface area contributed by atoms with Crippen molar-refractivity contribution >= 4 is 32.8 Å². The first-order chi connectivity index (χ1) is 14.6. The zero-order valence-electron chi connectivity index (χ0n) is 17.5. The minimum absolute atomic E-state index is 0.158. The van der Waals surface area contributed by atoms with Crippen molar-refractivity contribution in [3.63, 3.8) is 0 Å². The number of piperidine rings is 1. The van der Waals surface area contributed by atoms with Crippen LogP contribution in [0.25, 0.3) is 11.0 Å². The SMILES string of the molecule is COc1ccc([C@H](CNC(=O)c2oc3ccc(Br)cc3c2C)[NH+]2CCCCC2)cc1. The molecule has 6 heteroatoms. The Morgan fingerprint density at radius 2 is 1.90 bits per heavy atom. The number of hydrogen-bond acceptors (Lipinski definition) is 3. The molecule has 1 fully saturated rings. The summed E-state index contributed by atoms with van der Waals surface area (Å²) < 4.78 is 12.2.